The lowest BCUT2D eigenvalue weighted by molar-refractivity contribution is -0.121. The monoisotopic (exact) mass is 419 g/mol. The first-order valence-electron chi connectivity index (χ1n) is 10.3. The summed E-state index contributed by atoms with van der Waals surface area (Å²) in [6, 6.07) is 11.1. The number of nitrogens with one attached hydrogen (secondary N) is 1. The quantitative estimate of drug-likeness (QED) is 0.465. The lowest BCUT2D eigenvalue weighted by Gasteiger charge is -2.17. The molecule has 4 aromatic rings. The lowest BCUT2D eigenvalue weighted by atomic mass is 9.99. The zero-order chi connectivity index (χ0) is 22.1. The van der Waals surface area contributed by atoms with Crippen molar-refractivity contribution in [3.05, 3.63) is 80.9 Å². The van der Waals surface area contributed by atoms with Gasteiger partial charge in [-0.1, -0.05) is 30.3 Å². The number of amides is 1. The topological polar surface area (TPSA) is 92.7 Å². The molecule has 31 heavy (non-hydrogen) atoms. The van der Waals surface area contributed by atoms with Crippen LogP contribution in [-0.2, 0) is 17.6 Å². The van der Waals surface area contributed by atoms with Crippen LogP contribution in [0.15, 0.2) is 56.3 Å². The zero-order valence-corrected chi connectivity index (χ0v) is 17.8. The van der Waals surface area contributed by atoms with Crippen LogP contribution in [0.5, 0.6) is 0 Å². The van der Waals surface area contributed by atoms with E-state index in [0.717, 1.165) is 33.0 Å². The van der Waals surface area contributed by atoms with Gasteiger partial charge in [-0.25, -0.2) is 4.79 Å². The van der Waals surface area contributed by atoms with Crippen LogP contribution in [0, 0.1) is 20.8 Å². The van der Waals surface area contributed by atoms with Gasteiger partial charge in [-0.3, -0.25) is 4.79 Å². The Balaban J connectivity index is 1.63. The molecule has 6 heteroatoms. The first-order valence-corrected chi connectivity index (χ1v) is 10.3. The highest BCUT2D eigenvalue weighted by atomic mass is 16.4. The molecule has 2 N–H and O–H groups in total. The van der Waals surface area contributed by atoms with E-state index in [-0.39, 0.29) is 18.9 Å². The second kappa shape index (κ2) is 8.40. The number of hydrogen-bond donors (Lipinski definition) is 2. The van der Waals surface area contributed by atoms with E-state index in [9.17, 15) is 14.7 Å². The summed E-state index contributed by atoms with van der Waals surface area (Å²) in [7, 11) is 0. The molecular weight excluding hydrogens is 394 g/mol. The Labute approximate surface area is 179 Å². The third kappa shape index (κ3) is 3.99. The van der Waals surface area contributed by atoms with Gasteiger partial charge < -0.3 is 19.3 Å². The van der Waals surface area contributed by atoms with E-state index in [1.807, 2.05) is 57.2 Å². The van der Waals surface area contributed by atoms with Crippen LogP contribution in [0.25, 0.3) is 21.9 Å². The van der Waals surface area contributed by atoms with Crippen LogP contribution >= 0.6 is 0 Å². The number of benzene rings is 2. The van der Waals surface area contributed by atoms with Crippen molar-refractivity contribution in [1.29, 1.82) is 0 Å². The molecule has 4 rings (SSSR count). The second-order valence-corrected chi connectivity index (χ2v) is 7.98. The van der Waals surface area contributed by atoms with Gasteiger partial charge in [0.25, 0.3) is 0 Å². The molecule has 0 aliphatic rings. The molecule has 2 aromatic carbocycles. The molecule has 1 atom stereocenters. The minimum atomic E-state index is -0.533. The van der Waals surface area contributed by atoms with Crippen LogP contribution in [0.1, 0.15) is 27.8 Å². The highest BCUT2D eigenvalue weighted by molar-refractivity contribution is 6.00. The van der Waals surface area contributed by atoms with Gasteiger partial charge in [0.15, 0.2) is 0 Å². The highest BCUT2D eigenvalue weighted by Crippen LogP contribution is 2.32. The number of carbonyl (C=O) groups is 1. The molecule has 160 valence electrons. The molecule has 0 aliphatic carbocycles. The maximum Gasteiger partial charge on any atom is 0.340 e. The predicted molar refractivity (Wildman–Crippen MR) is 119 cm³/mol. The predicted octanol–water partition coefficient (Wildman–Crippen LogP) is 3.73. The van der Waals surface area contributed by atoms with Crippen molar-refractivity contribution in [2.24, 2.45) is 0 Å². The number of aliphatic hydroxyl groups excluding tert-OH is 1. The van der Waals surface area contributed by atoms with Gasteiger partial charge in [0.2, 0.25) is 5.91 Å². The summed E-state index contributed by atoms with van der Waals surface area (Å²) >= 11 is 0. The summed E-state index contributed by atoms with van der Waals surface area (Å²) < 4.78 is 11.2. The molecule has 0 fully saturated rings. The molecule has 6 nitrogen and oxygen atoms in total. The van der Waals surface area contributed by atoms with Crippen molar-refractivity contribution in [3.8, 4) is 0 Å². The largest absolute Gasteiger partial charge is 0.464 e. The Kier molecular flexibility index (Phi) is 5.65. The molecule has 0 saturated carbocycles. The molecule has 2 aromatic heterocycles. The van der Waals surface area contributed by atoms with Gasteiger partial charge >= 0.3 is 5.63 Å². The summed E-state index contributed by atoms with van der Waals surface area (Å²) in [6.45, 7) is 5.46. The number of carbonyl (C=O) groups excluding carboxylic acids is 1. The van der Waals surface area contributed by atoms with Gasteiger partial charge in [0.1, 0.15) is 11.2 Å². The first-order chi connectivity index (χ1) is 14.9. The number of aryl methyl sites for hydroxylation is 3. The second-order valence-electron chi connectivity index (χ2n) is 7.98. The van der Waals surface area contributed by atoms with Gasteiger partial charge in [-0.05, 0) is 49.9 Å². The van der Waals surface area contributed by atoms with E-state index in [4.69, 9.17) is 8.83 Å². The van der Waals surface area contributed by atoms with E-state index in [0.29, 0.717) is 23.2 Å². The van der Waals surface area contributed by atoms with E-state index >= 15 is 0 Å². The summed E-state index contributed by atoms with van der Waals surface area (Å²) in [5, 5.41) is 14.3. The van der Waals surface area contributed by atoms with Crippen molar-refractivity contribution in [3.63, 3.8) is 0 Å². The molecular formula is C25H25NO5. The average molecular weight is 419 g/mol. The number of rotatable bonds is 6. The van der Waals surface area contributed by atoms with Crippen LogP contribution in [0.2, 0.25) is 0 Å². The van der Waals surface area contributed by atoms with Crippen molar-refractivity contribution in [2.45, 2.75) is 39.7 Å². The Hall–Kier alpha value is -3.38. The number of hydrogen-bond acceptors (Lipinski definition) is 5. The van der Waals surface area contributed by atoms with Crippen LogP contribution < -0.4 is 10.9 Å². The summed E-state index contributed by atoms with van der Waals surface area (Å²) in [5.74, 6) is -0.331. The minimum Gasteiger partial charge on any atom is -0.464 e. The number of aliphatic hydroxyl groups is 1. The van der Waals surface area contributed by atoms with Crippen LogP contribution in [0.3, 0.4) is 0 Å². The molecule has 1 unspecified atom stereocenters. The fourth-order valence-electron chi connectivity index (χ4n) is 4.02. The lowest BCUT2D eigenvalue weighted by Crippen LogP contribution is -2.40. The standard InChI is InChI=1S/C25H25NO5/c1-14-13-30-23-16(3)24-20(10-19(14)23)15(2)21(25(29)31-24)11-22(28)26-18(12-27)9-17-7-5-4-6-8-17/h4-8,10,13,18,27H,9,11-12H2,1-3H3,(H,26,28). The summed E-state index contributed by atoms with van der Waals surface area (Å²) in [4.78, 5) is 25.4. The van der Waals surface area contributed by atoms with E-state index in [1.54, 1.807) is 6.26 Å². The van der Waals surface area contributed by atoms with Crippen LogP contribution in [0.4, 0.5) is 0 Å². The Bertz CT molecular complexity index is 1320. The number of fused-ring (bicyclic) bond motifs is 2. The first kappa shape index (κ1) is 20.9. The van der Waals surface area contributed by atoms with E-state index < -0.39 is 11.7 Å². The normalized spacial score (nSPS) is 12.4. The maximum atomic E-state index is 12.7. The van der Waals surface area contributed by atoms with Gasteiger partial charge in [0.05, 0.1) is 30.9 Å². The minimum absolute atomic E-state index is 0.114. The zero-order valence-electron chi connectivity index (χ0n) is 17.8. The third-order valence-corrected chi connectivity index (χ3v) is 5.78. The molecule has 1 amide bonds. The summed E-state index contributed by atoms with van der Waals surface area (Å²) in [5.41, 5.74) is 4.46. The molecule has 2 heterocycles. The SMILES string of the molecule is Cc1coc2c(C)c3oc(=O)c(CC(=O)NC(CO)Cc4ccccc4)c(C)c3cc12. The van der Waals surface area contributed by atoms with Crippen molar-refractivity contribution in [2.75, 3.05) is 6.61 Å². The van der Waals surface area contributed by atoms with Gasteiger partial charge in [-0.15, -0.1) is 0 Å². The molecule has 0 radical (unpaired) electrons. The van der Waals surface area contributed by atoms with E-state index in [2.05, 4.69) is 5.32 Å². The molecule has 0 saturated heterocycles. The van der Waals surface area contributed by atoms with Gasteiger partial charge in [-0.2, -0.15) is 0 Å². The molecule has 0 bridgehead atoms. The molecule has 0 aliphatic heterocycles. The van der Waals surface area contributed by atoms with Crippen molar-refractivity contribution in [1.82, 2.24) is 5.32 Å². The van der Waals surface area contributed by atoms with Gasteiger partial charge in [0, 0.05) is 16.3 Å². The Morgan fingerprint density at radius 3 is 2.52 bits per heavy atom. The highest BCUT2D eigenvalue weighted by Gasteiger charge is 2.20. The Morgan fingerprint density at radius 1 is 1.06 bits per heavy atom. The molecule has 0 spiro atoms. The Morgan fingerprint density at radius 2 is 1.81 bits per heavy atom. The number of furan rings is 1. The van der Waals surface area contributed by atoms with E-state index in [1.165, 1.54) is 0 Å². The fraction of sp³-hybridized carbons (Fsp3) is 0.280. The van der Waals surface area contributed by atoms with Crippen molar-refractivity contribution >= 4 is 27.8 Å². The van der Waals surface area contributed by atoms with Crippen molar-refractivity contribution < 1.29 is 18.7 Å². The average Bonchev–Trinajstić information content (AvgIpc) is 3.13. The van der Waals surface area contributed by atoms with Crippen LogP contribution in [-0.4, -0.2) is 23.7 Å². The maximum absolute atomic E-state index is 12.7. The fourth-order valence-corrected chi connectivity index (χ4v) is 4.02. The third-order valence-electron chi connectivity index (χ3n) is 5.78. The summed E-state index contributed by atoms with van der Waals surface area (Å²) in [6.07, 6.45) is 2.07. The smallest absolute Gasteiger partial charge is 0.340 e.